The summed E-state index contributed by atoms with van der Waals surface area (Å²) in [6.07, 6.45) is 11.8. The number of nitrogens with two attached hydrogens (primary N) is 1. The number of ether oxygens (including phenoxy) is 1. The van der Waals surface area contributed by atoms with Crippen LogP contribution >= 0.6 is 0 Å². The van der Waals surface area contributed by atoms with Gasteiger partial charge < -0.3 is 15.6 Å². The lowest BCUT2D eigenvalue weighted by Crippen LogP contribution is -2.40. The Morgan fingerprint density at radius 1 is 1.28 bits per heavy atom. The third-order valence-electron chi connectivity index (χ3n) is 5.96. The molecule has 138 valence electrons. The van der Waals surface area contributed by atoms with E-state index in [-0.39, 0.29) is 12.1 Å². The zero-order chi connectivity index (χ0) is 17.7. The van der Waals surface area contributed by atoms with Crippen LogP contribution in [0.15, 0.2) is 30.4 Å². The molecule has 0 radical (unpaired) electrons. The molecule has 1 saturated carbocycles. The summed E-state index contributed by atoms with van der Waals surface area (Å²) in [5.74, 6) is 1.15. The van der Waals surface area contributed by atoms with Gasteiger partial charge in [0, 0.05) is 5.54 Å². The Kier molecular flexibility index (Phi) is 6.32. The fourth-order valence-electron chi connectivity index (χ4n) is 4.37. The summed E-state index contributed by atoms with van der Waals surface area (Å²) < 4.78 is 5.81. The third kappa shape index (κ3) is 4.72. The summed E-state index contributed by atoms with van der Waals surface area (Å²) in [6.45, 7) is 3.85. The highest BCUT2D eigenvalue weighted by Gasteiger charge is 2.36. The molecule has 2 aliphatic carbocycles. The number of aryl methyl sites for hydroxylation is 1. The van der Waals surface area contributed by atoms with Gasteiger partial charge >= 0.3 is 0 Å². The smallest absolute Gasteiger partial charge is 0.0647 e. The summed E-state index contributed by atoms with van der Waals surface area (Å²) in [7, 11) is 0. The van der Waals surface area contributed by atoms with Gasteiger partial charge in [-0.1, -0.05) is 37.3 Å². The molecule has 1 aromatic rings. The zero-order valence-electron chi connectivity index (χ0n) is 15.5. The molecule has 0 aliphatic heterocycles. The second kappa shape index (κ2) is 8.48. The number of benzene rings is 1. The lowest BCUT2D eigenvalue weighted by Gasteiger charge is -2.26. The number of fused-ring (bicyclic) bond motifs is 1. The highest BCUT2D eigenvalue weighted by atomic mass is 16.5. The Hall–Kier alpha value is -1.16. The van der Waals surface area contributed by atoms with Crippen LogP contribution in [0.1, 0.15) is 61.6 Å². The van der Waals surface area contributed by atoms with Crippen molar-refractivity contribution in [2.75, 3.05) is 19.8 Å². The van der Waals surface area contributed by atoms with Crippen molar-refractivity contribution in [2.45, 2.75) is 63.3 Å². The van der Waals surface area contributed by atoms with Crippen LogP contribution in [0.4, 0.5) is 0 Å². The summed E-state index contributed by atoms with van der Waals surface area (Å²) in [4.78, 5) is 0. The Balaban J connectivity index is 1.56. The van der Waals surface area contributed by atoms with Gasteiger partial charge in [-0.15, -0.1) is 0 Å². The van der Waals surface area contributed by atoms with E-state index in [1.807, 2.05) is 0 Å². The SMILES string of the molecule is CC/C=C\COCC1CCc2cc([C@H]3CC[C@](N)(CO)C3)ccc2C1. The van der Waals surface area contributed by atoms with Crippen molar-refractivity contribution in [3.63, 3.8) is 0 Å². The Bertz CT molecular complexity index is 598. The molecule has 3 rings (SSSR count). The van der Waals surface area contributed by atoms with Crippen molar-refractivity contribution in [3.05, 3.63) is 47.0 Å². The summed E-state index contributed by atoms with van der Waals surface area (Å²) in [5, 5.41) is 9.49. The maximum absolute atomic E-state index is 9.49. The van der Waals surface area contributed by atoms with Crippen molar-refractivity contribution in [1.82, 2.24) is 0 Å². The van der Waals surface area contributed by atoms with E-state index in [2.05, 4.69) is 37.3 Å². The van der Waals surface area contributed by atoms with Crippen molar-refractivity contribution in [2.24, 2.45) is 11.7 Å². The van der Waals surface area contributed by atoms with Crippen molar-refractivity contribution < 1.29 is 9.84 Å². The van der Waals surface area contributed by atoms with Crippen LogP contribution in [0.5, 0.6) is 0 Å². The predicted octanol–water partition coefficient (Wildman–Crippen LogP) is 3.73. The zero-order valence-corrected chi connectivity index (χ0v) is 15.5. The van der Waals surface area contributed by atoms with Crippen LogP contribution in [0, 0.1) is 5.92 Å². The van der Waals surface area contributed by atoms with Crippen molar-refractivity contribution in [1.29, 1.82) is 0 Å². The van der Waals surface area contributed by atoms with Gasteiger partial charge in [-0.3, -0.25) is 0 Å². The van der Waals surface area contributed by atoms with Gasteiger partial charge in [-0.2, -0.15) is 0 Å². The fourth-order valence-corrected chi connectivity index (χ4v) is 4.37. The molecule has 0 aromatic heterocycles. The van der Waals surface area contributed by atoms with Crippen LogP contribution in [0.3, 0.4) is 0 Å². The Morgan fingerprint density at radius 2 is 2.16 bits per heavy atom. The largest absolute Gasteiger partial charge is 0.394 e. The second-order valence-corrected chi connectivity index (χ2v) is 8.01. The van der Waals surface area contributed by atoms with Crippen LogP contribution in [0.25, 0.3) is 0 Å². The highest BCUT2D eigenvalue weighted by molar-refractivity contribution is 5.36. The second-order valence-electron chi connectivity index (χ2n) is 8.01. The van der Waals surface area contributed by atoms with Gasteiger partial charge in [-0.25, -0.2) is 0 Å². The standard InChI is InChI=1S/C22H33NO2/c1-2-3-4-11-25-15-17-5-6-19-13-20(8-7-18(19)12-17)21-9-10-22(23,14-21)16-24/h3-4,7-8,13,17,21,24H,2,5-6,9-12,14-16,23H2,1H3/b4-3-/t17?,21-,22+/m0/s1. The molecule has 0 spiro atoms. The van der Waals surface area contributed by atoms with Crippen LogP contribution in [-0.2, 0) is 17.6 Å². The van der Waals surface area contributed by atoms with Crippen LogP contribution < -0.4 is 5.73 Å². The number of aliphatic hydroxyl groups is 1. The molecular formula is C22H33NO2. The van der Waals surface area contributed by atoms with E-state index in [9.17, 15) is 5.11 Å². The number of hydrogen-bond donors (Lipinski definition) is 2. The topological polar surface area (TPSA) is 55.5 Å². The molecule has 1 unspecified atom stereocenters. The first-order chi connectivity index (χ1) is 12.1. The maximum Gasteiger partial charge on any atom is 0.0647 e. The summed E-state index contributed by atoms with van der Waals surface area (Å²) in [5.41, 5.74) is 10.3. The van der Waals surface area contributed by atoms with Gasteiger partial charge in [0.15, 0.2) is 0 Å². The van der Waals surface area contributed by atoms with Crippen molar-refractivity contribution in [3.8, 4) is 0 Å². The monoisotopic (exact) mass is 343 g/mol. The van der Waals surface area contributed by atoms with Gasteiger partial charge in [-0.05, 0) is 73.5 Å². The van der Waals surface area contributed by atoms with E-state index in [1.54, 1.807) is 0 Å². The maximum atomic E-state index is 9.49. The molecule has 0 amide bonds. The molecule has 3 heteroatoms. The average Bonchev–Trinajstić information content (AvgIpc) is 3.04. The number of hydrogen-bond acceptors (Lipinski definition) is 3. The van der Waals surface area contributed by atoms with Crippen molar-refractivity contribution >= 4 is 0 Å². The fraction of sp³-hybridized carbons (Fsp3) is 0.636. The van der Waals surface area contributed by atoms with E-state index >= 15 is 0 Å². The lowest BCUT2D eigenvalue weighted by molar-refractivity contribution is 0.116. The normalized spacial score (nSPS) is 29.2. The van der Waals surface area contributed by atoms with E-state index in [0.29, 0.717) is 11.8 Å². The van der Waals surface area contributed by atoms with Crippen LogP contribution in [0.2, 0.25) is 0 Å². The first-order valence-corrected chi connectivity index (χ1v) is 9.87. The van der Waals surface area contributed by atoms with E-state index < -0.39 is 0 Å². The first-order valence-electron chi connectivity index (χ1n) is 9.87. The highest BCUT2D eigenvalue weighted by Crippen LogP contribution is 2.40. The minimum Gasteiger partial charge on any atom is -0.394 e. The quantitative estimate of drug-likeness (QED) is 0.586. The Labute approximate surface area is 152 Å². The van der Waals surface area contributed by atoms with E-state index in [4.69, 9.17) is 10.5 Å². The molecular weight excluding hydrogens is 310 g/mol. The minimum atomic E-state index is -0.366. The molecule has 0 heterocycles. The molecule has 3 nitrogen and oxygen atoms in total. The average molecular weight is 344 g/mol. The minimum absolute atomic E-state index is 0.101. The molecule has 1 aromatic carbocycles. The molecule has 3 atom stereocenters. The lowest BCUT2D eigenvalue weighted by atomic mass is 9.82. The molecule has 2 aliphatic rings. The number of allylic oxidation sites excluding steroid dienone is 1. The Morgan fingerprint density at radius 3 is 2.92 bits per heavy atom. The predicted molar refractivity (Wildman–Crippen MR) is 103 cm³/mol. The van der Waals surface area contributed by atoms with Gasteiger partial charge in [0.2, 0.25) is 0 Å². The molecule has 3 N–H and O–H groups in total. The van der Waals surface area contributed by atoms with E-state index in [1.165, 1.54) is 23.1 Å². The molecule has 25 heavy (non-hydrogen) atoms. The van der Waals surface area contributed by atoms with Gasteiger partial charge in [0.1, 0.15) is 0 Å². The number of rotatable bonds is 7. The molecule has 1 fully saturated rings. The van der Waals surface area contributed by atoms with E-state index in [0.717, 1.165) is 51.7 Å². The summed E-state index contributed by atoms with van der Waals surface area (Å²) in [6, 6.07) is 7.02. The van der Waals surface area contributed by atoms with Gasteiger partial charge in [0.25, 0.3) is 0 Å². The van der Waals surface area contributed by atoms with Crippen LogP contribution in [-0.4, -0.2) is 30.5 Å². The number of aliphatic hydroxyl groups excluding tert-OH is 1. The summed E-state index contributed by atoms with van der Waals surface area (Å²) >= 11 is 0. The van der Waals surface area contributed by atoms with Gasteiger partial charge in [0.05, 0.1) is 19.8 Å². The molecule has 0 bridgehead atoms. The first kappa shape index (κ1) is 18.6. The molecule has 0 saturated heterocycles. The third-order valence-corrected chi connectivity index (χ3v) is 5.96.